The Bertz CT molecular complexity index is 767. The summed E-state index contributed by atoms with van der Waals surface area (Å²) in [6.45, 7) is 3.90. The third kappa shape index (κ3) is 3.58. The molecule has 2 amide bonds. The minimum atomic E-state index is -0.553. The van der Waals surface area contributed by atoms with Crippen molar-refractivity contribution < 1.29 is 9.59 Å². The number of amides is 2. The number of carbonyl (C=O) groups excluding carboxylic acids is 2. The van der Waals surface area contributed by atoms with E-state index in [1.54, 1.807) is 18.9 Å². The van der Waals surface area contributed by atoms with Gasteiger partial charge in [0.15, 0.2) is 0 Å². The first-order valence-electron chi connectivity index (χ1n) is 10.1. The van der Waals surface area contributed by atoms with Gasteiger partial charge < -0.3 is 9.80 Å². The molecule has 2 aliphatic rings. The van der Waals surface area contributed by atoms with Gasteiger partial charge in [0.2, 0.25) is 11.8 Å². The van der Waals surface area contributed by atoms with Crippen LogP contribution in [0.15, 0.2) is 18.2 Å². The molecule has 1 saturated heterocycles. The Morgan fingerprint density at radius 2 is 1.96 bits per heavy atom. The molecule has 0 bridgehead atoms. The second-order valence-electron chi connectivity index (χ2n) is 7.77. The van der Waals surface area contributed by atoms with Crippen LogP contribution in [-0.2, 0) is 22.4 Å². The van der Waals surface area contributed by atoms with Crippen molar-refractivity contribution in [3.05, 3.63) is 34.9 Å². The Morgan fingerprint density at radius 3 is 2.67 bits per heavy atom. The van der Waals surface area contributed by atoms with Crippen LogP contribution in [0.1, 0.15) is 68.7 Å². The van der Waals surface area contributed by atoms with Crippen LogP contribution in [0.5, 0.6) is 0 Å². The van der Waals surface area contributed by atoms with E-state index < -0.39 is 12.1 Å². The summed E-state index contributed by atoms with van der Waals surface area (Å²) in [5.41, 5.74) is 3.91. The maximum Gasteiger partial charge on any atom is 0.246 e. The number of piperazine rings is 1. The largest absolute Gasteiger partial charge is 0.332 e. The maximum atomic E-state index is 13.2. The number of aryl methyl sites for hydroxylation is 2. The standard InChI is InChI=1S/C22H29N3O2/c1-4-7-19(18-12-11-16-8-5-9-17(16)14-18)25-20(10-6-13-23)22(27)24(3)15(2)21(25)26/h11-12,14-15,19-20H,4-10H2,1-3H3/t15-,19?,20+/m1/s1. The highest BCUT2D eigenvalue weighted by atomic mass is 16.2. The number of nitrogens with zero attached hydrogens (tertiary/aromatic N) is 3. The summed E-state index contributed by atoms with van der Waals surface area (Å²) in [6.07, 6.45) is 5.81. The van der Waals surface area contributed by atoms with Gasteiger partial charge >= 0.3 is 0 Å². The van der Waals surface area contributed by atoms with E-state index in [0.717, 1.165) is 31.2 Å². The molecule has 0 saturated carbocycles. The van der Waals surface area contributed by atoms with Gasteiger partial charge in [0.05, 0.1) is 12.1 Å². The fourth-order valence-electron chi connectivity index (χ4n) is 4.45. The average molecular weight is 367 g/mol. The topological polar surface area (TPSA) is 64.4 Å². The number of rotatable bonds is 6. The van der Waals surface area contributed by atoms with Gasteiger partial charge in [0.1, 0.15) is 12.1 Å². The maximum absolute atomic E-state index is 13.2. The molecule has 1 aromatic carbocycles. The summed E-state index contributed by atoms with van der Waals surface area (Å²) >= 11 is 0. The average Bonchev–Trinajstić information content (AvgIpc) is 3.14. The van der Waals surface area contributed by atoms with E-state index in [-0.39, 0.29) is 24.3 Å². The highest BCUT2D eigenvalue weighted by molar-refractivity contribution is 5.96. The van der Waals surface area contributed by atoms with Crippen LogP contribution in [0.25, 0.3) is 0 Å². The molecular weight excluding hydrogens is 338 g/mol. The molecule has 0 spiro atoms. The van der Waals surface area contributed by atoms with Crippen molar-refractivity contribution in [3.8, 4) is 6.07 Å². The van der Waals surface area contributed by atoms with E-state index in [2.05, 4.69) is 31.2 Å². The number of fused-ring (bicyclic) bond motifs is 1. The molecule has 3 atom stereocenters. The van der Waals surface area contributed by atoms with Crippen molar-refractivity contribution in [2.45, 2.75) is 76.9 Å². The van der Waals surface area contributed by atoms with Crippen molar-refractivity contribution in [1.82, 2.24) is 9.80 Å². The molecule has 1 aromatic rings. The molecule has 0 N–H and O–H groups in total. The van der Waals surface area contributed by atoms with E-state index in [1.807, 2.05) is 0 Å². The first-order chi connectivity index (χ1) is 13.0. The van der Waals surface area contributed by atoms with E-state index in [4.69, 9.17) is 5.26 Å². The minimum Gasteiger partial charge on any atom is -0.332 e. The van der Waals surface area contributed by atoms with Crippen molar-refractivity contribution in [3.63, 3.8) is 0 Å². The molecular formula is C22H29N3O2. The first-order valence-corrected chi connectivity index (χ1v) is 10.1. The van der Waals surface area contributed by atoms with Gasteiger partial charge in [-0.3, -0.25) is 9.59 Å². The van der Waals surface area contributed by atoms with Crippen LogP contribution in [-0.4, -0.2) is 40.7 Å². The molecule has 5 nitrogen and oxygen atoms in total. The normalized spacial score (nSPS) is 23.3. The monoisotopic (exact) mass is 367 g/mol. The highest BCUT2D eigenvalue weighted by Crippen LogP contribution is 2.35. The lowest BCUT2D eigenvalue weighted by molar-refractivity contribution is -0.162. The molecule has 5 heteroatoms. The lowest BCUT2D eigenvalue weighted by Gasteiger charge is -2.46. The zero-order chi connectivity index (χ0) is 19.6. The van der Waals surface area contributed by atoms with E-state index >= 15 is 0 Å². The Labute approximate surface area is 161 Å². The van der Waals surface area contributed by atoms with Gasteiger partial charge in [-0.1, -0.05) is 31.5 Å². The summed E-state index contributed by atoms with van der Waals surface area (Å²) in [5, 5.41) is 9.04. The van der Waals surface area contributed by atoms with E-state index in [1.165, 1.54) is 22.4 Å². The third-order valence-corrected chi connectivity index (χ3v) is 6.10. The Balaban J connectivity index is 2.01. The van der Waals surface area contributed by atoms with Gasteiger partial charge in [-0.25, -0.2) is 0 Å². The van der Waals surface area contributed by atoms with Crippen LogP contribution in [0.2, 0.25) is 0 Å². The van der Waals surface area contributed by atoms with Crippen molar-refractivity contribution in [1.29, 1.82) is 5.26 Å². The Kier molecular flexibility index (Phi) is 5.84. The van der Waals surface area contributed by atoms with Gasteiger partial charge in [-0.05, 0) is 55.7 Å². The molecule has 1 heterocycles. The minimum absolute atomic E-state index is 0.0148. The SMILES string of the molecule is CCCC(c1ccc2c(c1)CCC2)N1C(=O)[C@@H](C)N(C)C(=O)[C@@H]1CCC#N. The molecule has 0 aromatic heterocycles. The number of hydrogen-bond acceptors (Lipinski definition) is 3. The second kappa shape index (κ2) is 8.12. The zero-order valence-electron chi connectivity index (χ0n) is 16.6. The highest BCUT2D eigenvalue weighted by Gasteiger charge is 2.45. The van der Waals surface area contributed by atoms with Gasteiger partial charge in [-0.15, -0.1) is 0 Å². The third-order valence-electron chi connectivity index (χ3n) is 6.10. The predicted molar refractivity (Wildman–Crippen MR) is 104 cm³/mol. The fraction of sp³-hybridized carbons (Fsp3) is 0.591. The molecule has 1 aliphatic carbocycles. The lowest BCUT2D eigenvalue weighted by Crippen LogP contribution is -2.63. The number of likely N-dealkylation sites (N-methyl/N-ethyl adjacent to an activating group) is 1. The quantitative estimate of drug-likeness (QED) is 0.774. The number of hydrogen-bond donors (Lipinski definition) is 0. The second-order valence-corrected chi connectivity index (χ2v) is 7.77. The molecule has 3 rings (SSSR count). The molecule has 1 fully saturated rings. The Hall–Kier alpha value is -2.35. The van der Waals surface area contributed by atoms with Crippen LogP contribution in [0.3, 0.4) is 0 Å². The van der Waals surface area contributed by atoms with E-state index in [0.29, 0.717) is 6.42 Å². The molecule has 27 heavy (non-hydrogen) atoms. The van der Waals surface area contributed by atoms with Gasteiger partial charge in [0.25, 0.3) is 0 Å². The van der Waals surface area contributed by atoms with Crippen molar-refractivity contribution in [2.24, 2.45) is 0 Å². The molecule has 1 unspecified atom stereocenters. The fourth-order valence-corrected chi connectivity index (χ4v) is 4.45. The summed E-state index contributed by atoms with van der Waals surface area (Å²) < 4.78 is 0. The van der Waals surface area contributed by atoms with Crippen molar-refractivity contribution >= 4 is 11.8 Å². The number of benzene rings is 1. The van der Waals surface area contributed by atoms with Crippen molar-refractivity contribution in [2.75, 3.05) is 7.05 Å². The predicted octanol–water partition coefficient (Wildman–Crippen LogP) is 3.38. The summed E-state index contributed by atoms with van der Waals surface area (Å²) in [6, 6.07) is 7.56. The number of nitriles is 1. The van der Waals surface area contributed by atoms with Gasteiger partial charge in [0, 0.05) is 13.5 Å². The van der Waals surface area contributed by atoms with Crippen LogP contribution in [0.4, 0.5) is 0 Å². The van der Waals surface area contributed by atoms with Crippen LogP contribution in [0, 0.1) is 11.3 Å². The van der Waals surface area contributed by atoms with Gasteiger partial charge in [-0.2, -0.15) is 5.26 Å². The molecule has 144 valence electrons. The summed E-state index contributed by atoms with van der Waals surface area (Å²) in [4.78, 5) is 29.5. The first kappa shape index (κ1) is 19.4. The molecule has 0 radical (unpaired) electrons. The summed E-state index contributed by atoms with van der Waals surface area (Å²) in [5.74, 6) is -0.0707. The zero-order valence-corrected chi connectivity index (χ0v) is 16.6. The van der Waals surface area contributed by atoms with Crippen LogP contribution < -0.4 is 0 Å². The summed E-state index contributed by atoms with van der Waals surface area (Å²) in [7, 11) is 1.69. The number of carbonyl (C=O) groups is 2. The van der Waals surface area contributed by atoms with E-state index in [9.17, 15) is 9.59 Å². The van der Waals surface area contributed by atoms with Crippen LogP contribution >= 0.6 is 0 Å². The lowest BCUT2D eigenvalue weighted by atomic mass is 9.92. The molecule has 1 aliphatic heterocycles. The smallest absolute Gasteiger partial charge is 0.246 e. The Morgan fingerprint density at radius 1 is 1.22 bits per heavy atom.